The van der Waals surface area contributed by atoms with Gasteiger partial charge in [-0.1, -0.05) is 12.1 Å². The summed E-state index contributed by atoms with van der Waals surface area (Å²) in [6.07, 6.45) is 2.74. The van der Waals surface area contributed by atoms with Gasteiger partial charge in [0.25, 0.3) is 11.6 Å². The predicted octanol–water partition coefficient (Wildman–Crippen LogP) is 1.55. The SMILES string of the molecule is O=C(NC(C(=O)O)c1ccccc1[N+](=O)[O-])c1cccnc1. The van der Waals surface area contributed by atoms with Gasteiger partial charge < -0.3 is 10.4 Å². The Balaban J connectivity index is 2.34. The molecule has 2 rings (SSSR count). The van der Waals surface area contributed by atoms with Crippen LogP contribution in [0.4, 0.5) is 5.69 Å². The molecular formula is C14H11N3O5. The number of nitrogens with zero attached hydrogens (tertiary/aromatic N) is 2. The Hall–Kier alpha value is -3.29. The van der Waals surface area contributed by atoms with E-state index in [0.29, 0.717) is 0 Å². The molecule has 8 nitrogen and oxygen atoms in total. The summed E-state index contributed by atoms with van der Waals surface area (Å²) in [5.41, 5.74) is -0.314. The van der Waals surface area contributed by atoms with Crippen LogP contribution in [-0.4, -0.2) is 26.9 Å². The molecule has 0 aliphatic carbocycles. The van der Waals surface area contributed by atoms with E-state index in [1.54, 1.807) is 0 Å². The number of amides is 1. The number of carbonyl (C=O) groups is 2. The third kappa shape index (κ3) is 3.23. The summed E-state index contributed by atoms with van der Waals surface area (Å²) < 4.78 is 0. The average Bonchev–Trinajstić information content (AvgIpc) is 2.53. The summed E-state index contributed by atoms with van der Waals surface area (Å²) in [6.45, 7) is 0. The first-order chi connectivity index (χ1) is 10.5. The third-order valence-electron chi connectivity index (χ3n) is 2.89. The molecule has 1 aromatic heterocycles. The normalized spacial score (nSPS) is 11.5. The van der Waals surface area contributed by atoms with Crippen molar-refractivity contribution >= 4 is 17.6 Å². The van der Waals surface area contributed by atoms with Crippen molar-refractivity contribution in [3.05, 3.63) is 70.0 Å². The van der Waals surface area contributed by atoms with Gasteiger partial charge in [0.05, 0.1) is 16.1 Å². The molecular weight excluding hydrogens is 290 g/mol. The monoisotopic (exact) mass is 301 g/mol. The number of benzene rings is 1. The number of rotatable bonds is 5. The minimum Gasteiger partial charge on any atom is -0.479 e. The molecule has 1 atom stereocenters. The molecule has 0 fully saturated rings. The van der Waals surface area contributed by atoms with Crippen LogP contribution in [0.3, 0.4) is 0 Å². The molecule has 0 aliphatic rings. The molecule has 8 heteroatoms. The first kappa shape index (κ1) is 15.1. The second-order valence-corrected chi connectivity index (χ2v) is 4.30. The molecule has 1 aromatic carbocycles. The standard InChI is InChI=1S/C14H11N3O5/c18-13(9-4-3-7-15-8-9)16-12(14(19)20)10-5-1-2-6-11(10)17(21)22/h1-8,12H,(H,16,18)(H,19,20). The fourth-order valence-corrected chi connectivity index (χ4v) is 1.88. The minimum atomic E-state index is -1.53. The van der Waals surface area contributed by atoms with Crippen LogP contribution in [0.5, 0.6) is 0 Å². The molecule has 0 aliphatic heterocycles. The van der Waals surface area contributed by atoms with Gasteiger partial charge in [-0.25, -0.2) is 4.79 Å². The molecule has 1 amide bonds. The van der Waals surface area contributed by atoms with Crippen LogP contribution in [0.25, 0.3) is 0 Å². The highest BCUT2D eigenvalue weighted by atomic mass is 16.6. The number of para-hydroxylation sites is 1. The van der Waals surface area contributed by atoms with Gasteiger partial charge >= 0.3 is 5.97 Å². The fraction of sp³-hybridized carbons (Fsp3) is 0.0714. The molecule has 112 valence electrons. The number of pyridine rings is 1. The molecule has 0 spiro atoms. The molecule has 0 bridgehead atoms. The minimum absolute atomic E-state index is 0.0998. The third-order valence-corrected chi connectivity index (χ3v) is 2.89. The summed E-state index contributed by atoms with van der Waals surface area (Å²) in [5.74, 6) is -2.08. The van der Waals surface area contributed by atoms with Crippen molar-refractivity contribution in [3.63, 3.8) is 0 Å². The lowest BCUT2D eigenvalue weighted by atomic mass is 10.0. The number of carboxylic acid groups (broad SMARTS) is 1. The summed E-state index contributed by atoms with van der Waals surface area (Å²) in [6, 6.07) is 6.81. The van der Waals surface area contributed by atoms with Gasteiger partial charge in [0.15, 0.2) is 6.04 Å². The van der Waals surface area contributed by atoms with Crippen LogP contribution < -0.4 is 5.32 Å². The summed E-state index contributed by atoms with van der Waals surface area (Å²) in [7, 11) is 0. The van der Waals surface area contributed by atoms with Crippen molar-refractivity contribution in [3.8, 4) is 0 Å². The van der Waals surface area contributed by atoms with E-state index in [1.807, 2.05) is 0 Å². The zero-order valence-corrected chi connectivity index (χ0v) is 11.2. The van der Waals surface area contributed by atoms with Crippen molar-refractivity contribution < 1.29 is 19.6 Å². The topological polar surface area (TPSA) is 122 Å². The van der Waals surface area contributed by atoms with Gasteiger partial charge in [-0.3, -0.25) is 19.9 Å². The first-order valence-corrected chi connectivity index (χ1v) is 6.17. The Labute approximate surface area is 124 Å². The van der Waals surface area contributed by atoms with Crippen LogP contribution >= 0.6 is 0 Å². The van der Waals surface area contributed by atoms with Crippen LogP contribution in [0, 0.1) is 10.1 Å². The van der Waals surface area contributed by atoms with Crippen LogP contribution in [0.2, 0.25) is 0 Å². The van der Waals surface area contributed by atoms with E-state index >= 15 is 0 Å². The smallest absolute Gasteiger partial charge is 0.331 e. The summed E-state index contributed by atoms with van der Waals surface area (Å²) in [5, 5.41) is 22.5. The summed E-state index contributed by atoms with van der Waals surface area (Å²) in [4.78, 5) is 37.5. The van der Waals surface area contributed by atoms with Crippen LogP contribution in [-0.2, 0) is 4.79 Å². The van der Waals surface area contributed by atoms with E-state index < -0.39 is 22.8 Å². The number of aliphatic carboxylic acids is 1. The fourth-order valence-electron chi connectivity index (χ4n) is 1.88. The number of carboxylic acids is 1. The van der Waals surface area contributed by atoms with E-state index in [1.165, 1.54) is 48.8 Å². The number of hydrogen-bond donors (Lipinski definition) is 2. The Kier molecular flexibility index (Phi) is 4.42. The van der Waals surface area contributed by atoms with Crippen LogP contribution in [0.1, 0.15) is 22.0 Å². The second kappa shape index (κ2) is 6.44. The lowest BCUT2D eigenvalue weighted by Gasteiger charge is -2.14. The van der Waals surface area contributed by atoms with Gasteiger partial charge in [-0.05, 0) is 18.2 Å². The first-order valence-electron chi connectivity index (χ1n) is 6.17. The molecule has 0 radical (unpaired) electrons. The molecule has 1 heterocycles. The van der Waals surface area contributed by atoms with E-state index in [0.717, 1.165) is 0 Å². The quantitative estimate of drug-likeness (QED) is 0.638. The lowest BCUT2D eigenvalue weighted by Crippen LogP contribution is -2.34. The zero-order chi connectivity index (χ0) is 16.1. The van der Waals surface area contributed by atoms with Crippen molar-refractivity contribution in [1.29, 1.82) is 0 Å². The highest BCUT2D eigenvalue weighted by molar-refractivity contribution is 5.96. The Morgan fingerprint density at radius 2 is 1.95 bits per heavy atom. The highest BCUT2D eigenvalue weighted by Crippen LogP contribution is 2.25. The molecule has 2 aromatic rings. The lowest BCUT2D eigenvalue weighted by molar-refractivity contribution is -0.385. The Morgan fingerprint density at radius 1 is 1.23 bits per heavy atom. The van der Waals surface area contributed by atoms with Crippen molar-refractivity contribution in [2.45, 2.75) is 6.04 Å². The molecule has 0 saturated carbocycles. The van der Waals surface area contributed by atoms with Gasteiger partial charge in [0.2, 0.25) is 0 Å². The average molecular weight is 301 g/mol. The van der Waals surface area contributed by atoms with E-state index in [2.05, 4.69) is 10.3 Å². The van der Waals surface area contributed by atoms with Crippen LogP contribution in [0.15, 0.2) is 48.8 Å². The number of carbonyl (C=O) groups excluding carboxylic acids is 1. The zero-order valence-electron chi connectivity index (χ0n) is 11.2. The molecule has 22 heavy (non-hydrogen) atoms. The predicted molar refractivity (Wildman–Crippen MR) is 75.2 cm³/mol. The van der Waals surface area contributed by atoms with Gasteiger partial charge in [0, 0.05) is 18.5 Å². The number of nitro benzene ring substituents is 1. The van der Waals surface area contributed by atoms with E-state index in [-0.39, 0.29) is 16.8 Å². The summed E-state index contributed by atoms with van der Waals surface area (Å²) >= 11 is 0. The maximum atomic E-state index is 12.0. The number of nitrogens with one attached hydrogen (secondary N) is 1. The number of nitro groups is 1. The van der Waals surface area contributed by atoms with Crippen molar-refractivity contribution in [1.82, 2.24) is 10.3 Å². The van der Waals surface area contributed by atoms with Crippen molar-refractivity contribution in [2.75, 3.05) is 0 Å². The second-order valence-electron chi connectivity index (χ2n) is 4.30. The Bertz CT molecular complexity index is 717. The molecule has 1 unspecified atom stereocenters. The van der Waals surface area contributed by atoms with Gasteiger partial charge in [-0.2, -0.15) is 0 Å². The Morgan fingerprint density at radius 3 is 2.55 bits per heavy atom. The molecule has 2 N–H and O–H groups in total. The van der Waals surface area contributed by atoms with E-state index in [4.69, 9.17) is 0 Å². The maximum absolute atomic E-state index is 12.0. The highest BCUT2D eigenvalue weighted by Gasteiger charge is 2.29. The number of aromatic nitrogens is 1. The van der Waals surface area contributed by atoms with Gasteiger partial charge in [0.1, 0.15) is 0 Å². The number of hydrogen-bond acceptors (Lipinski definition) is 5. The van der Waals surface area contributed by atoms with Gasteiger partial charge in [-0.15, -0.1) is 0 Å². The maximum Gasteiger partial charge on any atom is 0.331 e. The van der Waals surface area contributed by atoms with Crippen molar-refractivity contribution in [2.24, 2.45) is 0 Å². The largest absolute Gasteiger partial charge is 0.479 e. The molecule has 0 saturated heterocycles. The van der Waals surface area contributed by atoms with E-state index in [9.17, 15) is 24.8 Å².